The predicted molar refractivity (Wildman–Crippen MR) is 140 cm³/mol. The molecule has 1 aromatic heterocycles. The summed E-state index contributed by atoms with van der Waals surface area (Å²) < 4.78 is 39.1. The maximum absolute atomic E-state index is 12.8. The van der Waals surface area contributed by atoms with Gasteiger partial charge in [-0.2, -0.15) is 0 Å². The van der Waals surface area contributed by atoms with Crippen molar-refractivity contribution in [1.29, 1.82) is 0 Å². The zero-order chi connectivity index (χ0) is 29.8. The molecule has 0 aliphatic rings. The standard InChI is InChI=1S/C23H32N4O10S2/c1-22(2,3)36-20(31)26(12-17(28)29)9-10-27(21(32)37-23(4,5)6)13-18(30)35-14-7-8-15-16(11-14)38-19(25-15)39(24,33)34/h7-8,11H,9-10,12-13H2,1-6H3,(H,28,29)(H2,24,33,34). The van der Waals surface area contributed by atoms with Crippen molar-refractivity contribution in [3.05, 3.63) is 18.2 Å². The summed E-state index contributed by atoms with van der Waals surface area (Å²) in [5.41, 5.74) is -1.47. The van der Waals surface area contributed by atoms with Crippen LogP contribution in [0.25, 0.3) is 10.2 Å². The third-order valence-electron chi connectivity index (χ3n) is 4.40. The zero-order valence-corrected chi connectivity index (χ0v) is 24.1. The Morgan fingerprint density at radius 2 is 1.46 bits per heavy atom. The highest BCUT2D eigenvalue weighted by atomic mass is 32.2. The Balaban J connectivity index is 2.20. The van der Waals surface area contributed by atoms with Crippen LogP contribution in [0.5, 0.6) is 5.75 Å². The number of ether oxygens (including phenoxy) is 3. The highest BCUT2D eigenvalue weighted by molar-refractivity contribution is 7.91. The Morgan fingerprint density at radius 1 is 0.949 bits per heavy atom. The molecule has 0 unspecified atom stereocenters. The summed E-state index contributed by atoms with van der Waals surface area (Å²) in [6, 6.07) is 4.23. The maximum Gasteiger partial charge on any atom is 0.410 e. The van der Waals surface area contributed by atoms with Crippen LogP contribution in [0.2, 0.25) is 0 Å². The summed E-state index contributed by atoms with van der Waals surface area (Å²) >= 11 is 0.796. The van der Waals surface area contributed by atoms with E-state index in [1.165, 1.54) is 18.2 Å². The predicted octanol–water partition coefficient (Wildman–Crippen LogP) is 2.41. The van der Waals surface area contributed by atoms with Gasteiger partial charge in [-0.05, 0) is 53.7 Å². The van der Waals surface area contributed by atoms with Crippen LogP contribution in [-0.2, 0) is 29.1 Å². The summed E-state index contributed by atoms with van der Waals surface area (Å²) in [5, 5.41) is 14.3. The third-order valence-corrected chi connectivity index (χ3v) is 6.74. The number of esters is 1. The van der Waals surface area contributed by atoms with E-state index < -0.39 is 58.4 Å². The topological polar surface area (TPSA) is 196 Å². The van der Waals surface area contributed by atoms with Crippen LogP contribution in [0.3, 0.4) is 0 Å². The Kier molecular flexibility index (Phi) is 9.86. The molecule has 39 heavy (non-hydrogen) atoms. The van der Waals surface area contributed by atoms with Crippen molar-refractivity contribution < 1.29 is 46.9 Å². The Labute approximate surface area is 229 Å². The van der Waals surface area contributed by atoms with Crippen molar-refractivity contribution in [3.8, 4) is 5.75 Å². The van der Waals surface area contributed by atoms with Gasteiger partial charge >= 0.3 is 24.1 Å². The number of hydrogen-bond donors (Lipinski definition) is 2. The van der Waals surface area contributed by atoms with Crippen molar-refractivity contribution in [3.63, 3.8) is 0 Å². The number of carboxylic acid groups (broad SMARTS) is 1. The number of fused-ring (bicyclic) bond motifs is 1. The molecule has 0 saturated heterocycles. The van der Waals surface area contributed by atoms with Crippen LogP contribution in [0.15, 0.2) is 22.5 Å². The van der Waals surface area contributed by atoms with Gasteiger partial charge in [-0.3, -0.25) is 14.6 Å². The number of aliphatic carboxylic acids is 1. The van der Waals surface area contributed by atoms with Crippen molar-refractivity contribution in [2.24, 2.45) is 5.14 Å². The second-order valence-corrected chi connectivity index (χ2v) is 13.1. The fraction of sp³-hybridized carbons (Fsp3) is 0.522. The lowest BCUT2D eigenvalue weighted by atomic mass is 10.2. The Morgan fingerprint density at radius 3 is 1.92 bits per heavy atom. The summed E-state index contributed by atoms with van der Waals surface area (Å²) in [6.45, 7) is 7.87. The molecule has 0 radical (unpaired) electrons. The first kappa shape index (κ1) is 31.7. The molecule has 0 spiro atoms. The number of carbonyl (C=O) groups is 4. The number of carbonyl (C=O) groups excluding carboxylic acids is 3. The number of amides is 2. The molecular weight excluding hydrogens is 556 g/mol. The number of benzene rings is 1. The van der Waals surface area contributed by atoms with Gasteiger partial charge in [0.2, 0.25) is 4.34 Å². The van der Waals surface area contributed by atoms with Crippen LogP contribution in [-0.4, -0.2) is 89.8 Å². The molecule has 0 fully saturated rings. The summed E-state index contributed by atoms with van der Waals surface area (Å²) in [5.74, 6) is -2.12. The molecule has 216 valence electrons. The number of carboxylic acids is 1. The molecule has 2 rings (SSSR count). The Bertz CT molecular complexity index is 1340. The molecule has 0 atom stereocenters. The van der Waals surface area contributed by atoms with E-state index >= 15 is 0 Å². The highest BCUT2D eigenvalue weighted by Crippen LogP contribution is 2.28. The number of aromatic nitrogens is 1. The molecule has 3 N–H and O–H groups in total. The largest absolute Gasteiger partial charge is 0.480 e. The van der Waals surface area contributed by atoms with Gasteiger partial charge in [-0.25, -0.2) is 32.9 Å². The van der Waals surface area contributed by atoms with Gasteiger partial charge in [0, 0.05) is 19.2 Å². The minimum Gasteiger partial charge on any atom is -0.480 e. The summed E-state index contributed by atoms with van der Waals surface area (Å²) in [4.78, 5) is 55.1. The number of hydrogen-bond acceptors (Lipinski definition) is 11. The van der Waals surface area contributed by atoms with Crippen molar-refractivity contribution in [2.45, 2.75) is 57.1 Å². The summed E-state index contributed by atoms with van der Waals surface area (Å²) in [6.07, 6.45) is -1.80. The van der Waals surface area contributed by atoms with E-state index in [9.17, 15) is 32.7 Å². The molecule has 16 heteroatoms. The van der Waals surface area contributed by atoms with E-state index in [0.717, 1.165) is 21.1 Å². The SMILES string of the molecule is CC(C)(C)OC(=O)N(CCN(CC(=O)Oc1ccc2nc(S(N)(=O)=O)sc2c1)C(=O)OC(C)(C)C)CC(=O)O. The van der Waals surface area contributed by atoms with Crippen LogP contribution < -0.4 is 9.88 Å². The highest BCUT2D eigenvalue weighted by Gasteiger charge is 2.28. The number of nitrogens with two attached hydrogens (primary N) is 1. The number of rotatable bonds is 9. The van der Waals surface area contributed by atoms with Gasteiger partial charge < -0.3 is 19.3 Å². The van der Waals surface area contributed by atoms with E-state index in [1.54, 1.807) is 41.5 Å². The molecule has 0 aliphatic carbocycles. The number of primary sulfonamides is 1. The quantitative estimate of drug-likeness (QED) is 0.322. The monoisotopic (exact) mass is 588 g/mol. The van der Waals surface area contributed by atoms with Crippen LogP contribution >= 0.6 is 11.3 Å². The van der Waals surface area contributed by atoms with Crippen LogP contribution in [0.1, 0.15) is 41.5 Å². The van der Waals surface area contributed by atoms with E-state index in [4.69, 9.17) is 19.3 Å². The third kappa shape index (κ3) is 10.6. The first-order chi connectivity index (χ1) is 17.7. The molecule has 1 aromatic carbocycles. The lowest BCUT2D eigenvalue weighted by molar-refractivity contribution is -0.139. The van der Waals surface area contributed by atoms with E-state index in [2.05, 4.69) is 4.98 Å². The van der Waals surface area contributed by atoms with E-state index in [-0.39, 0.29) is 23.2 Å². The Hall–Kier alpha value is -3.50. The zero-order valence-electron chi connectivity index (χ0n) is 22.4. The fourth-order valence-electron chi connectivity index (χ4n) is 2.92. The average molecular weight is 589 g/mol. The van der Waals surface area contributed by atoms with Crippen LogP contribution in [0, 0.1) is 0 Å². The van der Waals surface area contributed by atoms with Gasteiger partial charge in [-0.15, -0.1) is 11.3 Å². The molecule has 2 aromatic rings. The van der Waals surface area contributed by atoms with Crippen molar-refractivity contribution in [1.82, 2.24) is 14.8 Å². The maximum atomic E-state index is 12.8. The lowest BCUT2D eigenvalue weighted by Crippen LogP contribution is -2.47. The second-order valence-electron chi connectivity index (χ2n) is 10.3. The number of nitrogens with zero attached hydrogens (tertiary/aromatic N) is 3. The smallest absolute Gasteiger partial charge is 0.410 e. The molecular formula is C23H32N4O10S2. The summed E-state index contributed by atoms with van der Waals surface area (Å²) in [7, 11) is -4.01. The fourth-order valence-corrected chi connectivity index (χ4v) is 4.60. The molecule has 14 nitrogen and oxygen atoms in total. The molecule has 1 heterocycles. The molecule has 0 bridgehead atoms. The minimum absolute atomic E-state index is 0.0579. The number of thiazole rings is 1. The van der Waals surface area contributed by atoms with Gasteiger partial charge in [0.05, 0.1) is 10.2 Å². The van der Waals surface area contributed by atoms with Crippen molar-refractivity contribution >= 4 is 55.7 Å². The van der Waals surface area contributed by atoms with Crippen molar-refractivity contribution in [2.75, 3.05) is 26.2 Å². The van der Waals surface area contributed by atoms with E-state index in [1.807, 2.05) is 0 Å². The van der Waals surface area contributed by atoms with Gasteiger partial charge in [-0.1, -0.05) is 0 Å². The van der Waals surface area contributed by atoms with Gasteiger partial charge in [0.1, 0.15) is 30.0 Å². The van der Waals surface area contributed by atoms with Crippen LogP contribution in [0.4, 0.5) is 9.59 Å². The van der Waals surface area contributed by atoms with Gasteiger partial charge in [0.15, 0.2) is 0 Å². The average Bonchev–Trinajstić information content (AvgIpc) is 3.17. The molecule has 2 amide bonds. The first-order valence-corrected chi connectivity index (χ1v) is 13.9. The lowest BCUT2D eigenvalue weighted by Gasteiger charge is -2.30. The normalized spacial score (nSPS) is 12.1. The second kappa shape index (κ2) is 12.1. The van der Waals surface area contributed by atoms with E-state index in [0.29, 0.717) is 10.2 Å². The van der Waals surface area contributed by atoms with Gasteiger partial charge in [0.25, 0.3) is 10.0 Å². The molecule has 0 saturated carbocycles. The minimum atomic E-state index is -4.01. The number of sulfonamides is 1. The first-order valence-electron chi connectivity index (χ1n) is 11.6. The molecule has 0 aliphatic heterocycles.